The second-order valence-electron chi connectivity index (χ2n) is 5.78. The Morgan fingerprint density at radius 3 is 2.67 bits per heavy atom. The number of hydrogen-bond acceptors (Lipinski definition) is 2. The van der Waals surface area contributed by atoms with Gasteiger partial charge in [0, 0.05) is 18.6 Å². The highest BCUT2D eigenvalue weighted by atomic mass is 15.2. The minimum absolute atomic E-state index is 0.648. The van der Waals surface area contributed by atoms with Crippen molar-refractivity contribution in [2.75, 3.05) is 20.1 Å². The Morgan fingerprint density at radius 2 is 2.06 bits per heavy atom. The molecule has 1 heterocycles. The monoisotopic (exact) mass is 246 g/mol. The molecule has 0 spiro atoms. The van der Waals surface area contributed by atoms with Crippen LogP contribution < -0.4 is 5.32 Å². The lowest BCUT2D eigenvalue weighted by atomic mass is 9.98. The Morgan fingerprint density at radius 1 is 1.33 bits per heavy atom. The molecular formula is C16H26N2. The van der Waals surface area contributed by atoms with E-state index in [0.717, 1.165) is 12.6 Å². The fraction of sp³-hybridized carbons (Fsp3) is 0.625. The molecule has 2 heteroatoms. The first kappa shape index (κ1) is 13.6. The highest BCUT2D eigenvalue weighted by Gasteiger charge is 2.25. The van der Waals surface area contributed by atoms with E-state index in [0.29, 0.717) is 12.0 Å². The molecule has 1 N–H and O–H groups in total. The number of hydrogen-bond donors (Lipinski definition) is 1. The molecule has 2 rings (SSSR count). The number of likely N-dealkylation sites (N-methyl/N-ethyl adjacent to an activating group) is 1. The zero-order valence-corrected chi connectivity index (χ0v) is 11.9. The van der Waals surface area contributed by atoms with Crippen molar-refractivity contribution in [3.8, 4) is 0 Å². The summed E-state index contributed by atoms with van der Waals surface area (Å²) in [6.45, 7) is 6.96. The molecule has 0 amide bonds. The van der Waals surface area contributed by atoms with Crippen LogP contribution in [0.1, 0.15) is 38.2 Å². The van der Waals surface area contributed by atoms with E-state index in [-0.39, 0.29) is 0 Å². The van der Waals surface area contributed by atoms with Gasteiger partial charge in [-0.05, 0) is 44.8 Å². The Hall–Kier alpha value is -0.860. The maximum Gasteiger partial charge on any atom is 0.0209 e. The van der Waals surface area contributed by atoms with Gasteiger partial charge in [0.1, 0.15) is 0 Å². The molecular weight excluding hydrogens is 220 g/mol. The molecule has 3 unspecified atom stereocenters. The van der Waals surface area contributed by atoms with Crippen LogP contribution in [0, 0.1) is 0 Å². The van der Waals surface area contributed by atoms with Gasteiger partial charge in [-0.2, -0.15) is 0 Å². The molecule has 1 aliphatic rings. The molecule has 2 nitrogen and oxygen atoms in total. The summed E-state index contributed by atoms with van der Waals surface area (Å²) >= 11 is 0. The highest BCUT2D eigenvalue weighted by Crippen LogP contribution is 2.19. The van der Waals surface area contributed by atoms with E-state index in [1.54, 1.807) is 0 Å². The van der Waals surface area contributed by atoms with Gasteiger partial charge in [-0.3, -0.25) is 0 Å². The van der Waals surface area contributed by atoms with Crippen LogP contribution in [-0.4, -0.2) is 37.1 Å². The van der Waals surface area contributed by atoms with Crippen LogP contribution in [0.4, 0.5) is 0 Å². The van der Waals surface area contributed by atoms with Crippen molar-refractivity contribution in [1.29, 1.82) is 0 Å². The minimum Gasteiger partial charge on any atom is -0.313 e. The van der Waals surface area contributed by atoms with Gasteiger partial charge in [-0.1, -0.05) is 37.3 Å². The van der Waals surface area contributed by atoms with Gasteiger partial charge in [0.15, 0.2) is 0 Å². The number of rotatable bonds is 5. The standard InChI is InChI=1S/C16H26N2/c1-13(15-7-5-4-6-8-15)9-10-17-16-11-14(2)18(3)12-16/h4-8,13-14,16-17H,9-12H2,1-3H3. The summed E-state index contributed by atoms with van der Waals surface area (Å²) in [5.41, 5.74) is 1.45. The lowest BCUT2D eigenvalue weighted by Gasteiger charge is -2.16. The maximum absolute atomic E-state index is 3.70. The fourth-order valence-electron chi connectivity index (χ4n) is 2.79. The summed E-state index contributed by atoms with van der Waals surface area (Å²) in [6.07, 6.45) is 2.51. The Labute approximate surface area is 111 Å². The Kier molecular flexibility index (Phi) is 4.79. The second kappa shape index (κ2) is 6.35. The summed E-state index contributed by atoms with van der Waals surface area (Å²) in [7, 11) is 2.22. The van der Waals surface area contributed by atoms with Crippen molar-refractivity contribution < 1.29 is 0 Å². The summed E-state index contributed by atoms with van der Waals surface area (Å²) in [4.78, 5) is 2.44. The predicted octanol–water partition coefficient (Wildman–Crippen LogP) is 2.86. The summed E-state index contributed by atoms with van der Waals surface area (Å²) in [6, 6.07) is 12.2. The third kappa shape index (κ3) is 3.56. The van der Waals surface area contributed by atoms with Crippen LogP contribution in [0.15, 0.2) is 30.3 Å². The second-order valence-corrected chi connectivity index (χ2v) is 5.78. The van der Waals surface area contributed by atoms with Crippen LogP contribution in [-0.2, 0) is 0 Å². The molecule has 1 aromatic rings. The Balaban J connectivity index is 1.70. The number of benzene rings is 1. The first-order valence-electron chi connectivity index (χ1n) is 7.15. The van der Waals surface area contributed by atoms with Crippen molar-refractivity contribution in [2.24, 2.45) is 0 Å². The zero-order valence-electron chi connectivity index (χ0n) is 11.9. The SMILES string of the molecule is CC(CCNC1CC(C)N(C)C1)c1ccccc1. The largest absolute Gasteiger partial charge is 0.313 e. The lowest BCUT2D eigenvalue weighted by Crippen LogP contribution is -2.32. The van der Waals surface area contributed by atoms with Gasteiger partial charge in [0.05, 0.1) is 0 Å². The quantitative estimate of drug-likeness (QED) is 0.859. The minimum atomic E-state index is 0.648. The van der Waals surface area contributed by atoms with E-state index < -0.39 is 0 Å². The van der Waals surface area contributed by atoms with Gasteiger partial charge in [-0.25, -0.2) is 0 Å². The van der Waals surface area contributed by atoms with Crippen LogP contribution in [0.3, 0.4) is 0 Å². The number of nitrogens with one attached hydrogen (secondary N) is 1. The normalized spacial score (nSPS) is 26.4. The van der Waals surface area contributed by atoms with Crippen LogP contribution in [0.5, 0.6) is 0 Å². The average Bonchev–Trinajstić information content (AvgIpc) is 2.69. The van der Waals surface area contributed by atoms with Gasteiger partial charge in [0.2, 0.25) is 0 Å². The fourth-order valence-corrected chi connectivity index (χ4v) is 2.79. The average molecular weight is 246 g/mol. The van der Waals surface area contributed by atoms with E-state index >= 15 is 0 Å². The van der Waals surface area contributed by atoms with Crippen molar-refractivity contribution >= 4 is 0 Å². The molecule has 100 valence electrons. The van der Waals surface area contributed by atoms with Gasteiger partial charge >= 0.3 is 0 Å². The van der Waals surface area contributed by atoms with Crippen molar-refractivity contribution in [1.82, 2.24) is 10.2 Å². The topological polar surface area (TPSA) is 15.3 Å². The number of nitrogens with zero attached hydrogens (tertiary/aromatic N) is 1. The highest BCUT2D eigenvalue weighted by molar-refractivity contribution is 5.18. The first-order valence-corrected chi connectivity index (χ1v) is 7.15. The molecule has 1 aromatic carbocycles. The molecule has 0 bridgehead atoms. The predicted molar refractivity (Wildman–Crippen MR) is 78.0 cm³/mol. The third-order valence-electron chi connectivity index (χ3n) is 4.27. The summed E-state index contributed by atoms with van der Waals surface area (Å²) in [5.74, 6) is 0.648. The smallest absolute Gasteiger partial charge is 0.0209 e. The van der Waals surface area contributed by atoms with E-state index in [9.17, 15) is 0 Å². The maximum atomic E-state index is 3.70. The third-order valence-corrected chi connectivity index (χ3v) is 4.27. The van der Waals surface area contributed by atoms with E-state index in [2.05, 4.69) is 61.4 Å². The summed E-state index contributed by atoms with van der Waals surface area (Å²) in [5, 5.41) is 3.70. The molecule has 3 atom stereocenters. The Bertz CT molecular complexity index is 339. The van der Waals surface area contributed by atoms with Gasteiger partial charge in [0.25, 0.3) is 0 Å². The molecule has 1 saturated heterocycles. The van der Waals surface area contributed by atoms with Gasteiger partial charge < -0.3 is 10.2 Å². The van der Waals surface area contributed by atoms with Crippen molar-refractivity contribution in [3.05, 3.63) is 35.9 Å². The number of likely N-dealkylation sites (tertiary alicyclic amines) is 1. The molecule has 0 aromatic heterocycles. The van der Waals surface area contributed by atoms with Crippen LogP contribution >= 0.6 is 0 Å². The van der Waals surface area contributed by atoms with E-state index in [1.165, 1.54) is 24.9 Å². The zero-order chi connectivity index (χ0) is 13.0. The first-order chi connectivity index (χ1) is 8.66. The lowest BCUT2D eigenvalue weighted by molar-refractivity contribution is 0.326. The molecule has 18 heavy (non-hydrogen) atoms. The molecule has 0 aliphatic carbocycles. The molecule has 0 saturated carbocycles. The van der Waals surface area contributed by atoms with Crippen molar-refractivity contribution in [3.63, 3.8) is 0 Å². The van der Waals surface area contributed by atoms with Crippen LogP contribution in [0.2, 0.25) is 0 Å². The summed E-state index contributed by atoms with van der Waals surface area (Å²) < 4.78 is 0. The van der Waals surface area contributed by atoms with Crippen LogP contribution in [0.25, 0.3) is 0 Å². The van der Waals surface area contributed by atoms with E-state index in [4.69, 9.17) is 0 Å². The molecule has 0 radical (unpaired) electrons. The molecule has 1 aliphatic heterocycles. The van der Waals surface area contributed by atoms with Crippen molar-refractivity contribution in [2.45, 2.75) is 44.7 Å². The molecule has 1 fully saturated rings. The van der Waals surface area contributed by atoms with Gasteiger partial charge in [-0.15, -0.1) is 0 Å². The van der Waals surface area contributed by atoms with E-state index in [1.807, 2.05) is 0 Å².